The van der Waals surface area contributed by atoms with Crippen LogP contribution in [0.2, 0.25) is 0 Å². The van der Waals surface area contributed by atoms with E-state index in [1.165, 1.54) is 16.7 Å². The molecule has 158 valence electrons. The number of benzene rings is 3. The van der Waals surface area contributed by atoms with Crippen molar-refractivity contribution in [1.82, 2.24) is 25.6 Å². The summed E-state index contributed by atoms with van der Waals surface area (Å²) in [7, 11) is 0. The van der Waals surface area contributed by atoms with Crippen molar-refractivity contribution in [3.8, 4) is 5.75 Å². The number of tetrazole rings is 1. The fourth-order valence-electron chi connectivity index (χ4n) is 3.70. The van der Waals surface area contributed by atoms with Crippen LogP contribution >= 0.6 is 0 Å². The fraction of sp³-hybridized carbons (Fsp3) is 0.154. The van der Waals surface area contributed by atoms with E-state index in [9.17, 15) is 0 Å². The Morgan fingerprint density at radius 2 is 1.59 bits per heavy atom. The zero-order chi connectivity index (χ0) is 21.6. The SMILES string of the molecule is c1cc(CCc2ccc(Cc3nnn[nH]3)cc2)cc(OCc2ccc3ccccc3n2)c1. The predicted octanol–water partition coefficient (Wildman–Crippen LogP) is 4.70. The molecule has 0 atom stereocenters. The first-order chi connectivity index (χ1) is 15.8. The third-order valence-corrected chi connectivity index (χ3v) is 5.43. The first-order valence-corrected chi connectivity index (χ1v) is 10.7. The van der Waals surface area contributed by atoms with Crippen molar-refractivity contribution in [1.29, 1.82) is 0 Å². The molecule has 0 fully saturated rings. The van der Waals surface area contributed by atoms with Crippen LogP contribution < -0.4 is 4.74 Å². The van der Waals surface area contributed by atoms with E-state index in [2.05, 4.69) is 74.1 Å². The molecular weight excluding hydrogens is 398 g/mol. The van der Waals surface area contributed by atoms with Crippen LogP contribution in [0, 0.1) is 0 Å². The van der Waals surface area contributed by atoms with Gasteiger partial charge in [0, 0.05) is 11.8 Å². The van der Waals surface area contributed by atoms with Gasteiger partial charge in [0.15, 0.2) is 5.82 Å². The highest BCUT2D eigenvalue weighted by atomic mass is 16.5. The van der Waals surface area contributed by atoms with Crippen LogP contribution in [0.5, 0.6) is 5.75 Å². The number of pyridine rings is 1. The molecule has 0 bridgehead atoms. The molecule has 3 aromatic carbocycles. The van der Waals surface area contributed by atoms with Gasteiger partial charge in [-0.3, -0.25) is 0 Å². The van der Waals surface area contributed by atoms with Gasteiger partial charge in [0.2, 0.25) is 0 Å². The second-order valence-corrected chi connectivity index (χ2v) is 7.77. The van der Waals surface area contributed by atoms with Crippen molar-refractivity contribution in [3.05, 3.63) is 113 Å². The quantitative estimate of drug-likeness (QED) is 0.393. The van der Waals surface area contributed by atoms with E-state index >= 15 is 0 Å². The molecule has 0 radical (unpaired) electrons. The van der Waals surface area contributed by atoms with E-state index in [4.69, 9.17) is 4.74 Å². The molecule has 5 rings (SSSR count). The summed E-state index contributed by atoms with van der Waals surface area (Å²) < 4.78 is 6.02. The second-order valence-electron chi connectivity index (χ2n) is 7.77. The molecule has 0 saturated heterocycles. The summed E-state index contributed by atoms with van der Waals surface area (Å²) in [5.41, 5.74) is 5.66. The molecule has 0 unspecified atom stereocenters. The molecule has 6 nitrogen and oxygen atoms in total. The monoisotopic (exact) mass is 421 g/mol. The summed E-state index contributed by atoms with van der Waals surface area (Å²) in [5.74, 6) is 1.64. The number of H-pyrrole nitrogens is 1. The van der Waals surface area contributed by atoms with Crippen molar-refractivity contribution in [3.63, 3.8) is 0 Å². The zero-order valence-corrected chi connectivity index (χ0v) is 17.6. The number of hydrogen-bond acceptors (Lipinski definition) is 5. The van der Waals surface area contributed by atoms with Gasteiger partial charge in [-0.05, 0) is 64.2 Å². The number of rotatable bonds is 8. The summed E-state index contributed by atoms with van der Waals surface area (Å²) in [6.45, 7) is 0.455. The van der Waals surface area contributed by atoms with E-state index in [-0.39, 0.29) is 0 Å². The highest BCUT2D eigenvalue weighted by Gasteiger charge is 2.04. The van der Waals surface area contributed by atoms with E-state index in [0.29, 0.717) is 13.0 Å². The first kappa shape index (κ1) is 19.9. The van der Waals surface area contributed by atoms with Gasteiger partial charge in [0.25, 0.3) is 0 Å². The lowest BCUT2D eigenvalue weighted by Crippen LogP contribution is -1.99. The maximum atomic E-state index is 6.02. The Morgan fingerprint density at radius 3 is 2.47 bits per heavy atom. The Morgan fingerprint density at radius 1 is 0.750 bits per heavy atom. The minimum absolute atomic E-state index is 0.455. The van der Waals surface area contributed by atoms with E-state index in [1.807, 2.05) is 36.4 Å². The molecule has 32 heavy (non-hydrogen) atoms. The molecule has 0 aliphatic carbocycles. The van der Waals surface area contributed by atoms with Crippen LogP contribution in [-0.2, 0) is 25.9 Å². The van der Waals surface area contributed by atoms with Crippen LogP contribution in [-0.4, -0.2) is 25.6 Å². The molecular formula is C26H23N5O. The van der Waals surface area contributed by atoms with Crippen LogP contribution in [0.15, 0.2) is 84.9 Å². The molecule has 1 N–H and O–H groups in total. The highest BCUT2D eigenvalue weighted by molar-refractivity contribution is 5.78. The number of aromatic nitrogens is 5. The van der Waals surface area contributed by atoms with Crippen molar-refractivity contribution in [2.75, 3.05) is 0 Å². The second kappa shape index (κ2) is 9.39. The number of aryl methyl sites for hydroxylation is 2. The Hall–Kier alpha value is -4.06. The lowest BCUT2D eigenvalue weighted by molar-refractivity contribution is 0.301. The average molecular weight is 422 g/mol. The number of aromatic amines is 1. The van der Waals surface area contributed by atoms with Gasteiger partial charge in [-0.2, -0.15) is 0 Å². The molecule has 0 amide bonds. The molecule has 0 spiro atoms. The fourth-order valence-corrected chi connectivity index (χ4v) is 3.70. The number of nitrogens with one attached hydrogen (secondary N) is 1. The molecule has 0 saturated carbocycles. The smallest absolute Gasteiger partial charge is 0.152 e. The van der Waals surface area contributed by atoms with Crippen LogP contribution in [0.3, 0.4) is 0 Å². The third kappa shape index (κ3) is 4.98. The lowest BCUT2D eigenvalue weighted by atomic mass is 10.0. The number of para-hydroxylation sites is 1. The van der Waals surface area contributed by atoms with Gasteiger partial charge in [-0.1, -0.05) is 60.7 Å². The van der Waals surface area contributed by atoms with Crippen LogP contribution in [0.1, 0.15) is 28.2 Å². The summed E-state index contributed by atoms with van der Waals surface area (Å²) >= 11 is 0. The molecule has 0 aliphatic rings. The van der Waals surface area contributed by atoms with Crippen LogP contribution in [0.4, 0.5) is 0 Å². The maximum Gasteiger partial charge on any atom is 0.152 e. The summed E-state index contributed by atoms with van der Waals surface area (Å²) in [5, 5.41) is 15.1. The lowest BCUT2D eigenvalue weighted by Gasteiger charge is -2.09. The van der Waals surface area contributed by atoms with Gasteiger partial charge >= 0.3 is 0 Å². The van der Waals surface area contributed by atoms with Gasteiger partial charge in [-0.25, -0.2) is 10.1 Å². The summed E-state index contributed by atoms with van der Waals surface area (Å²) in [6.07, 6.45) is 2.63. The van der Waals surface area contributed by atoms with Gasteiger partial charge in [0.1, 0.15) is 12.4 Å². The minimum atomic E-state index is 0.455. The Labute approximate surface area is 186 Å². The standard InChI is InChI=1S/C26H23N5O/c1-2-7-25-22(5-1)14-15-23(27-25)18-32-24-6-3-4-20(16-24)11-8-19-9-12-21(13-10-19)17-26-28-30-31-29-26/h1-7,9-10,12-16H,8,11,17-18H2,(H,28,29,30,31). The highest BCUT2D eigenvalue weighted by Crippen LogP contribution is 2.18. The maximum absolute atomic E-state index is 6.02. The number of ether oxygens (including phenoxy) is 1. The topological polar surface area (TPSA) is 76.6 Å². The molecule has 2 heterocycles. The Balaban J connectivity index is 1.16. The predicted molar refractivity (Wildman–Crippen MR) is 123 cm³/mol. The number of nitrogens with zero attached hydrogens (tertiary/aromatic N) is 4. The zero-order valence-electron chi connectivity index (χ0n) is 17.6. The molecule has 5 aromatic rings. The van der Waals surface area contributed by atoms with E-state index in [0.717, 1.165) is 41.0 Å². The minimum Gasteiger partial charge on any atom is -0.487 e. The van der Waals surface area contributed by atoms with Gasteiger partial charge < -0.3 is 4.74 Å². The molecule has 6 heteroatoms. The van der Waals surface area contributed by atoms with Crippen molar-refractivity contribution in [2.45, 2.75) is 25.9 Å². The molecule has 2 aromatic heterocycles. The van der Waals surface area contributed by atoms with Crippen molar-refractivity contribution < 1.29 is 4.74 Å². The van der Waals surface area contributed by atoms with Crippen molar-refractivity contribution >= 4 is 10.9 Å². The Bertz CT molecular complexity index is 1300. The summed E-state index contributed by atoms with van der Waals surface area (Å²) in [6, 6.07) is 29.2. The Kier molecular flexibility index (Phi) is 5.83. The summed E-state index contributed by atoms with van der Waals surface area (Å²) in [4.78, 5) is 4.68. The molecule has 0 aliphatic heterocycles. The third-order valence-electron chi connectivity index (χ3n) is 5.43. The number of fused-ring (bicyclic) bond motifs is 1. The van der Waals surface area contributed by atoms with Gasteiger partial charge in [0.05, 0.1) is 11.2 Å². The van der Waals surface area contributed by atoms with E-state index in [1.54, 1.807) is 0 Å². The largest absolute Gasteiger partial charge is 0.487 e. The van der Waals surface area contributed by atoms with Crippen molar-refractivity contribution in [2.24, 2.45) is 0 Å². The van der Waals surface area contributed by atoms with Crippen LogP contribution in [0.25, 0.3) is 10.9 Å². The van der Waals surface area contributed by atoms with E-state index < -0.39 is 0 Å². The average Bonchev–Trinajstić information content (AvgIpc) is 3.35. The first-order valence-electron chi connectivity index (χ1n) is 10.7. The number of hydrogen-bond donors (Lipinski definition) is 1. The van der Waals surface area contributed by atoms with Gasteiger partial charge in [-0.15, -0.1) is 5.10 Å². The normalized spacial score (nSPS) is 11.0.